The summed E-state index contributed by atoms with van der Waals surface area (Å²) in [7, 11) is 0. The van der Waals surface area contributed by atoms with Crippen LogP contribution in [0.1, 0.15) is 17.0 Å². The molecule has 0 saturated heterocycles. The van der Waals surface area contributed by atoms with Crippen molar-refractivity contribution in [3.05, 3.63) is 59.7 Å². The lowest BCUT2D eigenvalue weighted by atomic mass is 9.97. The number of rotatable bonds is 0. The normalized spacial score (nSPS) is 14.5. The zero-order valence-electron chi connectivity index (χ0n) is 8.83. The van der Waals surface area contributed by atoms with Gasteiger partial charge in [0.25, 0.3) is 0 Å². The van der Waals surface area contributed by atoms with Gasteiger partial charge in [-0.3, -0.25) is 0 Å². The van der Waals surface area contributed by atoms with Crippen molar-refractivity contribution in [1.82, 2.24) is 0 Å². The average molecular weight is 234 g/mol. The van der Waals surface area contributed by atoms with E-state index in [9.17, 15) is 13.2 Å². The van der Waals surface area contributed by atoms with E-state index in [-0.39, 0.29) is 0 Å². The van der Waals surface area contributed by atoms with Gasteiger partial charge in [0.15, 0.2) is 0 Å². The average Bonchev–Trinajstić information content (AvgIpc) is 2.63. The highest BCUT2D eigenvalue weighted by molar-refractivity contribution is 5.79. The minimum atomic E-state index is -4.23. The first kappa shape index (κ1) is 10.4. The molecule has 0 aromatic heterocycles. The molecule has 0 radical (unpaired) electrons. The third-order valence-electron chi connectivity index (χ3n) is 3.16. The molecule has 0 bridgehead atoms. The second-order valence-electron chi connectivity index (χ2n) is 4.15. The maximum Gasteiger partial charge on any atom is 0.399 e. The van der Waals surface area contributed by atoms with E-state index in [1.54, 1.807) is 48.5 Å². The molecule has 2 aromatic rings. The van der Waals surface area contributed by atoms with Gasteiger partial charge in [0.2, 0.25) is 0 Å². The lowest BCUT2D eigenvalue weighted by molar-refractivity contribution is -0.140. The van der Waals surface area contributed by atoms with Gasteiger partial charge >= 0.3 is 6.18 Å². The van der Waals surface area contributed by atoms with Gasteiger partial charge in [0.1, 0.15) is 5.92 Å². The molecule has 17 heavy (non-hydrogen) atoms. The van der Waals surface area contributed by atoms with E-state index in [0.717, 1.165) is 0 Å². The Morgan fingerprint density at radius 3 is 1.53 bits per heavy atom. The standard InChI is InChI=1S/C14H9F3/c15-14(16,17)13-11-7-3-1-5-9(11)10-6-2-4-8-12(10)13/h1-8,13H. The van der Waals surface area contributed by atoms with Crippen LogP contribution in [-0.2, 0) is 0 Å². The van der Waals surface area contributed by atoms with Gasteiger partial charge in [-0.1, -0.05) is 48.5 Å². The fourth-order valence-electron chi connectivity index (χ4n) is 2.51. The highest BCUT2D eigenvalue weighted by Gasteiger charge is 2.46. The first-order chi connectivity index (χ1) is 8.09. The van der Waals surface area contributed by atoms with Crippen molar-refractivity contribution in [3.63, 3.8) is 0 Å². The van der Waals surface area contributed by atoms with Crippen molar-refractivity contribution in [2.45, 2.75) is 12.1 Å². The topological polar surface area (TPSA) is 0 Å². The summed E-state index contributed by atoms with van der Waals surface area (Å²) in [5.74, 6) is -1.48. The van der Waals surface area contributed by atoms with Crippen LogP contribution in [0.4, 0.5) is 13.2 Å². The lowest BCUT2D eigenvalue weighted by Gasteiger charge is -2.17. The maximum atomic E-state index is 13.1. The predicted octanol–water partition coefficient (Wildman–Crippen LogP) is 4.36. The summed E-state index contributed by atoms with van der Waals surface area (Å²) in [5.41, 5.74) is 2.12. The predicted molar refractivity (Wildman–Crippen MR) is 59.8 cm³/mol. The van der Waals surface area contributed by atoms with Crippen LogP contribution in [0.5, 0.6) is 0 Å². The van der Waals surface area contributed by atoms with Crippen LogP contribution in [-0.4, -0.2) is 6.18 Å². The third kappa shape index (κ3) is 1.46. The fraction of sp³-hybridized carbons (Fsp3) is 0.143. The molecule has 0 nitrogen and oxygen atoms in total. The zero-order chi connectivity index (χ0) is 12.0. The van der Waals surface area contributed by atoms with Gasteiger partial charge in [-0.15, -0.1) is 0 Å². The van der Waals surface area contributed by atoms with Crippen LogP contribution in [0.3, 0.4) is 0 Å². The molecule has 0 atom stereocenters. The summed E-state index contributed by atoms with van der Waals surface area (Å²) in [6, 6.07) is 13.5. The van der Waals surface area contributed by atoms with Crippen molar-refractivity contribution < 1.29 is 13.2 Å². The van der Waals surface area contributed by atoms with Crippen molar-refractivity contribution in [1.29, 1.82) is 0 Å². The molecule has 0 spiro atoms. The number of hydrogen-bond donors (Lipinski definition) is 0. The molecular weight excluding hydrogens is 225 g/mol. The second kappa shape index (κ2) is 3.36. The van der Waals surface area contributed by atoms with E-state index >= 15 is 0 Å². The smallest absolute Gasteiger partial charge is 0.170 e. The molecule has 3 heteroatoms. The number of alkyl halides is 3. The monoisotopic (exact) mass is 234 g/mol. The highest BCUT2D eigenvalue weighted by atomic mass is 19.4. The molecule has 1 aliphatic carbocycles. The van der Waals surface area contributed by atoms with Gasteiger partial charge in [-0.25, -0.2) is 0 Å². The molecule has 1 aliphatic rings. The summed E-state index contributed by atoms with van der Waals surface area (Å²) in [4.78, 5) is 0. The Bertz CT molecular complexity index is 524. The van der Waals surface area contributed by atoms with E-state index in [0.29, 0.717) is 22.3 Å². The van der Waals surface area contributed by atoms with Crippen LogP contribution >= 0.6 is 0 Å². The zero-order valence-corrected chi connectivity index (χ0v) is 8.83. The van der Waals surface area contributed by atoms with E-state index in [2.05, 4.69) is 0 Å². The van der Waals surface area contributed by atoms with Gasteiger partial charge in [0.05, 0.1) is 0 Å². The summed E-state index contributed by atoms with van der Waals surface area (Å²) >= 11 is 0. The molecule has 86 valence electrons. The van der Waals surface area contributed by atoms with Gasteiger partial charge in [0, 0.05) is 0 Å². The third-order valence-corrected chi connectivity index (χ3v) is 3.16. The Morgan fingerprint density at radius 1 is 0.706 bits per heavy atom. The largest absolute Gasteiger partial charge is 0.399 e. The fourth-order valence-corrected chi connectivity index (χ4v) is 2.51. The molecule has 0 fully saturated rings. The number of fused-ring (bicyclic) bond motifs is 3. The van der Waals surface area contributed by atoms with Crippen LogP contribution in [0.2, 0.25) is 0 Å². The second-order valence-corrected chi connectivity index (χ2v) is 4.15. The Labute approximate surface area is 96.7 Å². The van der Waals surface area contributed by atoms with E-state index in [1.807, 2.05) is 0 Å². The Hall–Kier alpha value is -1.77. The number of benzene rings is 2. The summed E-state index contributed by atoms with van der Waals surface area (Å²) in [6.45, 7) is 0. The number of hydrogen-bond acceptors (Lipinski definition) is 0. The Morgan fingerprint density at radius 2 is 1.12 bits per heavy atom. The minimum Gasteiger partial charge on any atom is -0.170 e. The first-order valence-corrected chi connectivity index (χ1v) is 5.34. The number of halogens is 3. The van der Waals surface area contributed by atoms with Crippen LogP contribution in [0.25, 0.3) is 11.1 Å². The van der Waals surface area contributed by atoms with Gasteiger partial charge < -0.3 is 0 Å². The molecule has 0 saturated carbocycles. The summed E-state index contributed by atoms with van der Waals surface area (Å²) in [5, 5.41) is 0. The van der Waals surface area contributed by atoms with E-state index in [1.165, 1.54) is 0 Å². The van der Waals surface area contributed by atoms with Crippen LogP contribution < -0.4 is 0 Å². The Kier molecular flexibility index (Phi) is 2.05. The van der Waals surface area contributed by atoms with Crippen molar-refractivity contribution in [2.75, 3.05) is 0 Å². The molecular formula is C14H9F3. The highest BCUT2D eigenvalue weighted by Crippen LogP contribution is 2.51. The molecule has 0 aliphatic heterocycles. The van der Waals surface area contributed by atoms with Crippen LogP contribution in [0, 0.1) is 0 Å². The maximum absolute atomic E-state index is 13.1. The van der Waals surface area contributed by atoms with E-state index < -0.39 is 12.1 Å². The van der Waals surface area contributed by atoms with Crippen molar-refractivity contribution in [2.24, 2.45) is 0 Å². The van der Waals surface area contributed by atoms with Gasteiger partial charge in [-0.05, 0) is 22.3 Å². The Balaban J connectivity index is 2.31. The molecule has 0 amide bonds. The summed E-state index contributed by atoms with van der Waals surface area (Å²) in [6.07, 6.45) is -4.23. The van der Waals surface area contributed by atoms with Crippen molar-refractivity contribution in [3.8, 4) is 11.1 Å². The molecule has 3 rings (SSSR count). The molecule has 2 aromatic carbocycles. The van der Waals surface area contributed by atoms with Crippen LogP contribution in [0.15, 0.2) is 48.5 Å². The van der Waals surface area contributed by atoms with Gasteiger partial charge in [-0.2, -0.15) is 13.2 Å². The molecule has 0 unspecified atom stereocenters. The molecule has 0 heterocycles. The summed E-state index contributed by atoms with van der Waals surface area (Å²) < 4.78 is 39.4. The first-order valence-electron chi connectivity index (χ1n) is 5.34. The lowest BCUT2D eigenvalue weighted by Crippen LogP contribution is -2.19. The van der Waals surface area contributed by atoms with Crippen molar-refractivity contribution >= 4 is 0 Å². The minimum absolute atomic E-state index is 0.362. The SMILES string of the molecule is FC(F)(F)C1c2ccccc2-c2ccccc21. The van der Waals surface area contributed by atoms with E-state index in [4.69, 9.17) is 0 Å². The quantitative estimate of drug-likeness (QED) is 0.635. The molecule has 0 N–H and O–H groups in total.